The second kappa shape index (κ2) is 6.06. The molecule has 0 aliphatic carbocycles. The van der Waals surface area contributed by atoms with Crippen LogP contribution in [0, 0.1) is 6.92 Å². The fraction of sp³-hybridized carbons (Fsp3) is 0.214. The molecule has 1 atom stereocenters. The molecule has 0 unspecified atom stereocenters. The first-order chi connectivity index (χ1) is 9.15. The highest BCUT2D eigenvalue weighted by Gasteiger charge is 2.14. The molecule has 3 N–H and O–H groups in total. The van der Waals surface area contributed by atoms with Crippen molar-refractivity contribution < 1.29 is 4.79 Å². The molecule has 0 radical (unpaired) electrons. The van der Waals surface area contributed by atoms with E-state index in [0.717, 1.165) is 5.56 Å². The van der Waals surface area contributed by atoms with Gasteiger partial charge < -0.3 is 11.1 Å². The Labute approximate surface area is 111 Å². The first kappa shape index (κ1) is 13.2. The first-order valence-corrected chi connectivity index (χ1v) is 6.04. The summed E-state index contributed by atoms with van der Waals surface area (Å²) in [5.74, 6) is 0.419. The number of anilines is 1. The summed E-state index contributed by atoms with van der Waals surface area (Å²) in [7, 11) is 0. The molecule has 0 fully saturated rings. The van der Waals surface area contributed by atoms with Crippen LogP contribution in [0.3, 0.4) is 0 Å². The number of amides is 1. The van der Waals surface area contributed by atoms with Gasteiger partial charge in [0.1, 0.15) is 5.82 Å². The van der Waals surface area contributed by atoms with E-state index in [0.29, 0.717) is 17.9 Å². The van der Waals surface area contributed by atoms with Crippen LogP contribution < -0.4 is 11.1 Å². The second-order valence-electron chi connectivity index (χ2n) is 4.30. The van der Waals surface area contributed by atoms with Gasteiger partial charge in [0.05, 0.1) is 24.1 Å². The van der Waals surface area contributed by atoms with Crippen molar-refractivity contribution in [3.8, 4) is 0 Å². The Bertz CT molecular complexity index is 539. The van der Waals surface area contributed by atoms with E-state index in [9.17, 15) is 4.79 Å². The minimum Gasteiger partial charge on any atom is -0.322 e. The van der Waals surface area contributed by atoms with Gasteiger partial charge >= 0.3 is 0 Å². The van der Waals surface area contributed by atoms with E-state index in [1.165, 1.54) is 0 Å². The van der Waals surface area contributed by atoms with Crippen molar-refractivity contribution in [1.82, 2.24) is 9.97 Å². The van der Waals surface area contributed by atoms with Crippen LogP contribution in [-0.4, -0.2) is 21.9 Å². The lowest BCUT2D eigenvalue weighted by atomic mass is 10.1. The van der Waals surface area contributed by atoms with Gasteiger partial charge in [-0.3, -0.25) is 4.79 Å². The summed E-state index contributed by atoms with van der Waals surface area (Å²) < 4.78 is 0. The van der Waals surface area contributed by atoms with Gasteiger partial charge in [0.2, 0.25) is 5.91 Å². The van der Waals surface area contributed by atoms with Crippen LogP contribution >= 0.6 is 0 Å². The summed E-state index contributed by atoms with van der Waals surface area (Å²) in [6.45, 7) is 1.78. The zero-order valence-electron chi connectivity index (χ0n) is 10.7. The predicted octanol–water partition coefficient (Wildman–Crippen LogP) is 1.29. The maximum atomic E-state index is 11.9. The van der Waals surface area contributed by atoms with Crippen molar-refractivity contribution in [1.29, 1.82) is 0 Å². The Hall–Kier alpha value is -2.27. The third-order valence-electron chi connectivity index (χ3n) is 2.68. The Morgan fingerprint density at radius 3 is 2.53 bits per heavy atom. The molecule has 19 heavy (non-hydrogen) atoms. The average molecular weight is 256 g/mol. The Morgan fingerprint density at radius 2 is 1.89 bits per heavy atom. The molecule has 98 valence electrons. The number of rotatable bonds is 4. The van der Waals surface area contributed by atoms with Gasteiger partial charge in [0.25, 0.3) is 0 Å². The van der Waals surface area contributed by atoms with Crippen LogP contribution in [-0.2, 0) is 11.2 Å². The number of carbonyl (C=O) groups is 1. The Kier molecular flexibility index (Phi) is 4.20. The van der Waals surface area contributed by atoms with Gasteiger partial charge in [-0.05, 0) is 18.9 Å². The van der Waals surface area contributed by atoms with Gasteiger partial charge in [0, 0.05) is 0 Å². The largest absolute Gasteiger partial charge is 0.322 e. The monoisotopic (exact) mass is 256 g/mol. The topological polar surface area (TPSA) is 80.9 Å². The van der Waals surface area contributed by atoms with Gasteiger partial charge in [-0.2, -0.15) is 0 Å². The van der Waals surface area contributed by atoms with E-state index >= 15 is 0 Å². The molecule has 2 aromatic rings. The van der Waals surface area contributed by atoms with Gasteiger partial charge in [-0.25, -0.2) is 9.97 Å². The number of carbonyl (C=O) groups excluding carboxylic acids is 1. The van der Waals surface area contributed by atoms with Gasteiger partial charge in [-0.15, -0.1) is 0 Å². The number of benzene rings is 1. The summed E-state index contributed by atoms with van der Waals surface area (Å²) in [6, 6.07) is 9.08. The van der Waals surface area contributed by atoms with Crippen LogP contribution in [0.1, 0.15) is 11.4 Å². The molecule has 0 spiro atoms. The number of aromatic nitrogens is 2. The van der Waals surface area contributed by atoms with Crippen molar-refractivity contribution in [3.63, 3.8) is 0 Å². The fourth-order valence-corrected chi connectivity index (χ4v) is 1.65. The van der Waals surface area contributed by atoms with E-state index < -0.39 is 6.04 Å². The number of aryl methyl sites for hydroxylation is 1. The molecule has 1 aromatic heterocycles. The molecule has 0 aliphatic rings. The van der Waals surface area contributed by atoms with Gasteiger partial charge in [0.15, 0.2) is 0 Å². The number of nitrogens with one attached hydrogen (secondary N) is 1. The molecule has 0 saturated carbocycles. The van der Waals surface area contributed by atoms with Crippen molar-refractivity contribution in [2.45, 2.75) is 19.4 Å². The summed E-state index contributed by atoms with van der Waals surface area (Å²) in [6.07, 6.45) is 3.63. The molecule has 1 amide bonds. The SMILES string of the molecule is Cc1ncc(NC(=O)[C@@H](N)Cc2ccccc2)cn1. The van der Waals surface area contributed by atoms with Crippen LogP contribution in [0.25, 0.3) is 0 Å². The van der Waals surface area contributed by atoms with E-state index in [1.807, 2.05) is 30.3 Å². The highest BCUT2D eigenvalue weighted by molar-refractivity contribution is 5.94. The summed E-state index contributed by atoms with van der Waals surface area (Å²) in [5, 5.41) is 2.70. The zero-order chi connectivity index (χ0) is 13.7. The first-order valence-electron chi connectivity index (χ1n) is 6.04. The molecular weight excluding hydrogens is 240 g/mol. The standard InChI is InChI=1S/C14H16N4O/c1-10-16-8-12(9-17-10)18-14(19)13(15)7-11-5-3-2-4-6-11/h2-6,8-9,13H,7,15H2,1H3,(H,18,19)/t13-/m0/s1. The van der Waals surface area contributed by atoms with Crippen LogP contribution in [0.15, 0.2) is 42.7 Å². The maximum Gasteiger partial charge on any atom is 0.241 e. The van der Waals surface area contributed by atoms with E-state index in [4.69, 9.17) is 5.73 Å². The van der Waals surface area contributed by atoms with E-state index in [2.05, 4.69) is 15.3 Å². The summed E-state index contributed by atoms with van der Waals surface area (Å²) >= 11 is 0. The molecule has 0 bridgehead atoms. The summed E-state index contributed by atoms with van der Waals surface area (Å²) in [5.41, 5.74) is 7.46. The number of nitrogens with zero attached hydrogens (tertiary/aromatic N) is 2. The van der Waals surface area contributed by atoms with Crippen molar-refractivity contribution in [2.75, 3.05) is 5.32 Å². The Balaban J connectivity index is 1.94. The number of nitrogens with two attached hydrogens (primary N) is 1. The molecule has 2 rings (SSSR count). The highest BCUT2D eigenvalue weighted by Crippen LogP contribution is 2.06. The van der Waals surface area contributed by atoms with Crippen molar-refractivity contribution in [2.24, 2.45) is 5.73 Å². The smallest absolute Gasteiger partial charge is 0.241 e. The van der Waals surface area contributed by atoms with Crippen LogP contribution in [0.2, 0.25) is 0 Å². The quantitative estimate of drug-likeness (QED) is 0.863. The molecule has 1 heterocycles. The third-order valence-corrected chi connectivity index (χ3v) is 2.68. The van der Waals surface area contributed by atoms with Crippen LogP contribution in [0.4, 0.5) is 5.69 Å². The summed E-state index contributed by atoms with van der Waals surface area (Å²) in [4.78, 5) is 19.9. The average Bonchev–Trinajstić information content (AvgIpc) is 2.42. The third kappa shape index (κ3) is 3.86. The van der Waals surface area contributed by atoms with E-state index in [-0.39, 0.29) is 5.91 Å². The lowest BCUT2D eigenvalue weighted by Gasteiger charge is -2.12. The molecule has 0 aliphatic heterocycles. The van der Waals surface area contributed by atoms with E-state index in [1.54, 1.807) is 19.3 Å². The number of hydrogen-bond acceptors (Lipinski definition) is 4. The van der Waals surface area contributed by atoms with Crippen molar-refractivity contribution in [3.05, 3.63) is 54.1 Å². The molecule has 0 saturated heterocycles. The lowest BCUT2D eigenvalue weighted by Crippen LogP contribution is -2.37. The normalized spacial score (nSPS) is 11.9. The molecule has 1 aromatic carbocycles. The maximum absolute atomic E-state index is 11.9. The van der Waals surface area contributed by atoms with Crippen molar-refractivity contribution >= 4 is 11.6 Å². The number of hydrogen-bond donors (Lipinski definition) is 2. The minimum absolute atomic E-state index is 0.240. The van der Waals surface area contributed by atoms with Gasteiger partial charge in [-0.1, -0.05) is 30.3 Å². The lowest BCUT2D eigenvalue weighted by molar-refractivity contribution is -0.117. The van der Waals surface area contributed by atoms with Crippen LogP contribution in [0.5, 0.6) is 0 Å². The molecular formula is C14H16N4O. The fourth-order valence-electron chi connectivity index (χ4n) is 1.65. The minimum atomic E-state index is -0.594. The second-order valence-corrected chi connectivity index (χ2v) is 4.30. The Morgan fingerprint density at radius 1 is 1.26 bits per heavy atom. The molecule has 5 nitrogen and oxygen atoms in total. The zero-order valence-corrected chi connectivity index (χ0v) is 10.7. The predicted molar refractivity (Wildman–Crippen MR) is 73.5 cm³/mol. The molecule has 5 heteroatoms. The highest BCUT2D eigenvalue weighted by atomic mass is 16.2.